The van der Waals surface area contributed by atoms with Crippen LogP contribution in [0.15, 0.2) is 0 Å². The molecule has 0 aromatic rings. The summed E-state index contributed by atoms with van der Waals surface area (Å²) >= 11 is 0. The van der Waals surface area contributed by atoms with Gasteiger partial charge >= 0.3 is 0 Å². The van der Waals surface area contributed by atoms with E-state index in [4.69, 9.17) is 5.73 Å². The summed E-state index contributed by atoms with van der Waals surface area (Å²) < 4.78 is 11.2. The first-order chi connectivity index (χ1) is 6.75. The summed E-state index contributed by atoms with van der Waals surface area (Å²) in [4.78, 5) is 2.52. The summed E-state index contributed by atoms with van der Waals surface area (Å²) in [6.45, 7) is 2.07. The highest BCUT2D eigenvalue weighted by Crippen LogP contribution is 2.22. The first-order valence-corrected chi connectivity index (χ1v) is 7.09. The van der Waals surface area contributed by atoms with Gasteiger partial charge in [0.05, 0.1) is 0 Å². The molecule has 0 aromatic heterocycles. The Hall–Kier alpha value is 0.0700. The van der Waals surface area contributed by atoms with E-state index >= 15 is 0 Å². The van der Waals surface area contributed by atoms with Gasteiger partial charge in [0.1, 0.15) is 0 Å². The van der Waals surface area contributed by atoms with Crippen LogP contribution in [0, 0.1) is 0 Å². The fourth-order valence-electron chi connectivity index (χ4n) is 2.48. The van der Waals surface area contributed by atoms with Crippen LogP contribution in [0.5, 0.6) is 0 Å². The zero-order valence-corrected chi connectivity index (χ0v) is 9.47. The monoisotopic (exact) mass is 216 g/mol. The Labute approximate surface area is 88.5 Å². The van der Waals surface area contributed by atoms with Crippen molar-refractivity contribution in [3.63, 3.8) is 0 Å². The second-order valence-corrected chi connectivity index (χ2v) is 6.15. The topological polar surface area (TPSA) is 46.3 Å². The molecule has 2 aliphatic rings. The Bertz CT molecular complexity index is 204. The van der Waals surface area contributed by atoms with Crippen LogP contribution in [-0.4, -0.2) is 45.8 Å². The average molecular weight is 216 g/mol. The van der Waals surface area contributed by atoms with Crippen molar-refractivity contribution in [1.29, 1.82) is 0 Å². The second-order valence-electron chi connectivity index (χ2n) is 4.45. The van der Waals surface area contributed by atoms with Crippen LogP contribution >= 0.6 is 0 Å². The molecule has 14 heavy (non-hydrogen) atoms. The molecule has 0 aromatic carbocycles. The third-order valence-corrected chi connectivity index (χ3v) is 4.75. The predicted molar refractivity (Wildman–Crippen MR) is 59.7 cm³/mol. The molecule has 0 amide bonds. The lowest BCUT2D eigenvalue weighted by Crippen LogP contribution is -2.47. The van der Waals surface area contributed by atoms with Crippen molar-refractivity contribution in [3.8, 4) is 0 Å². The Kier molecular flexibility index (Phi) is 3.57. The lowest BCUT2D eigenvalue weighted by atomic mass is 9.91. The maximum Gasteiger partial charge on any atom is 0.0363 e. The van der Waals surface area contributed by atoms with Crippen molar-refractivity contribution < 1.29 is 4.21 Å². The number of hydrogen-bond donors (Lipinski definition) is 1. The molecule has 2 fully saturated rings. The lowest BCUT2D eigenvalue weighted by molar-refractivity contribution is 0.162. The van der Waals surface area contributed by atoms with Gasteiger partial charge in [-0.15, -0.1) is 0 Å². The fraction of sp³-hybridized carbons (Fsp3) is 1.00. The third kappa shape index (κ3) is 2.55. The van der Waals surface area contributed by atoms with Crippen LogP contribution < -0.4 is 5.73 Å². The number of rotatable bonds is 1. The van der Waals surface area contributed by atoms with Gasteiger partial charge in [-0.1, -0.05) is 0 Å². The standard InChI is InChI=1S/C10H20N2OS/c11-9-1-3-10(4-2-9)12-5-7-14(13)8-6-12/h9-10H,1-8,11H2. The molecule has 4 heteroatoms. The van der Waals surface area contributed by atoms with E-state index in [2.05, 4.69) is 4.90 Å². The molecule has 2 N–H and O–H groups in total. The number of hydrogen-bond acceptors (Lipinski definition) is 3. The van der Waals surface area contributed by atoms with E-state index in [1.807, 2.05) is 0 Å². The van der Waals surface area contributed by atoms with Crippen molar-refractivity contribution in [3.05, 3.63) is 0 Å². The lowest BCUT2D eigenvalue weighted by Gasteiger charge is -2.37. The molecule has 0 atom stereocenters. The molecular formula is C10H20N2OS. The molecule has 0 bridgehead atoms. The minimum atomic E-state index is -0.539. The highest BCUT2D eigenvalue weighted by Gasteiger charge is 2.26. The van der Waals surface area contributed by atoms with Crippen molar-refractivity contribution in [2.45, 2.75) is 37.8 Å². The quantitative estimate of drug-likeness (QED) is 0.687. The molecule has 1 aliphatic carbocycles. The highest BCUT2D eigenvalue weighted by atomic mass is 32.2. The van der Waals surface area contributed by atoms with E-state index in [0.717, 1.165) is 30.6 Å². The summed E-state index contributed by atoms with van der Waals surface area (Å²) in [6, 6.07) is 1.16. The van der Waals surface area contributed by atoms with E-state index in [1.165, 1.54) is 25.7 Å². The average Bonchev–Trinajstić information content (AvgIpc) is 2.21. The van der Waals surface area contributed by atoms with Crippen molar-refractivity contribution in [1.82, 2.24) is 4.90 Å². The molecule has 1 heterocycles. The van der Waals surface area contributed by atoms with Gasteiger partial charge in [0.2, 0.25) is 0 Å². The van der Waals surface area contributed by atoms with Crippen molar-refractivity contribution in [2.75, 3.05) is 24.6 Å². The summed E-state index contributed by atoms with van der Waals surface area (Å²) in [5, 5.41) is 0. The summed E-state index contributed by atoms with van der Waals surface area (Å²) in [6.07, 6.45) is 4.83. The number of nitrogens with two attached hydrogens (primary N) is 1. The van der Waals surface area contributed by atoms with Crippen molar-refractivity contribution in [2.24, 2.45) is 5.73 Å². The van der Waals surface area contributed by atoms with Gasteiger partial charge in [0.15, 0.2) is 0 Å². The maximum absolute atomic E-state index is 11.2. The first kappa shape index (κ1) is 10.6. The molecule has 2 rings (SSSR count). The molecule has 1 aliphatic heterocycles. The van der Waals surface area contributed by atoms with Crippen LogP contribution in [0.1, 0.15) is 25.7 Å². The Morgan fingerprint density at radius 3 is 2.21 bits per heavy atom. The predicted octanol–water partition coefficient (Wildman–Crippen LogP) is 0.321. The maximum atomic E-state index is 11.2. The van der Waals surface area contributed by atoms with Gasteiger partial charge < -0.3 is 5.73 Å². The third-order valence-electron chi connectivity index (χ3n) is 3.47. The molecule has 1 saturated carbocycles. The Morgan fingerprint density at radius 1 is 1.07 bits per heavy atom. The van der Waals surface area contributed by atoms with Crippen LogP contribution in [0.4, 0.5) is 0 Å². The van der Waals surface area contributed by atoms with Gasteiger partial charge in [-0.05, 0) is 25.7 Å². The first-order valence-electron chi connectivity index (χ1n) is 5.60. The van der Waals surface area contributed by atoms with E-state index in [0.29, 0.717) is 6.04 Å². The number of nitrogens with zero attached hydrogens (tertiary/aromatic N) is 1. The smallest absolute Gasteiger partial charge is 0.0363 e. The van der Waals surface area contributed by atoms with Gasteiger partial charge in [0, 0.05) is 47.5 Å². The van der Waals surface area contributed by atoms with Crippen LogP contribution in [0.25, 0.3) is 0 Å². The normalized spacial score (nSPS) is 37.2. The minimum absolute atomic E-state index is 0.435. The largest absolute Gasteiger partial charge is 0.328 e. The molecule has 0 unspecified atom stereocenters. The summed E-state index contributed by atoms with van der Waals surface area (Å²) in [5.74, 6) is 1.76. The molecule has 0 spiro atoms. The zero-order valence-electron chi connectivity index (χ0n) is 8.65. The summed E-state index contributed by atoms with van der Waals surface area (Å²) in [5.41, 5.74) is 5.88. The fourth-order valence-corrected chi connectivity index (χ4v) is 3.56. The molecule has 0 radical (unpaired) electrons. The molecule has 1 saturated heterocycles. The molecular weight excluding hydrogens is 196 g/mol. The van der Waals surface area contributed by atoms with Crippen LogP contribution in [-0.2, 0) is 10.8 Å². The van der Waals surface area contributed by atoms with Gasteiger partial charge in [0.25, 0.3) is 0 Å². The van der Waals surface area contributed by atoms with Crippen LogP contribution in [0.2, 0.25) is 0 Å². The second kappa shape index (κ2) is 4.73. The van der Waals surface area contributed by atoms with E-state index in [9.17, 15) is 4.21 Å². The van der Waals surface area contributed by atoms with Crippen LogP contribution in [0.3, 0.4) is 0 Å². The van der Waals surface area contributed by atoms with Gasteiger partial charge in [-0.2, -0.15) is 0 Å². The van der Waals surface area contributed by atoms with Gasteiger partial charge in [-0.3, -0.25) is 9.11 Å². The van der Waals surface area contributed by atoms with E-state index in [-0.39, 0.29) is 0 Å². The minimum Gasteiger partial charge on any atom is -0.328 e. The van der Waals surface area contributed by atoms with Crippen molar-refractivity contribution >= 4 is 10.8 Å². The molecule has 82 valence electrons. The molecule has 3 nitrogen and oxygen atoms in total. The summed E-state index contributed by atoms with van der Waals surface area (Å²) in [7, 11) is -0.539. The van der Waals surface area contributed by atoms with E-state index in [1.54, 1.807) is 0 Å². The zero-order chi connectivity index (χ0) is 9.97. The van der Waals surface area contributed by atoms with E-state index < -0.39 is 10.8 Å². The SMILES string of the molecule is NC1CCC(N2CCS(=O)CC2)CC1. The van der Waals surface area contributed by atoms with Gasteiger partial charge in [-0.25, -0.2) is 0 Å². The highest BCUT2D eigenvalue weighted by molar-refractivity contribution is 7.85. The Balaban J connectivity index is 1.81. The Morgan fingerprint density at radius 2 is 1.64 bits per heavy atom.